The van der Waals surface area contributed by atoms with Crippen molar-refractivity contribution in [1.29, 1.82) is 0 Å². The first-order valence-electron chi connectivity index (χ1n) is 11.0. The quantitative estimate of drug-likeness (QED) is 0.276. The van der Waals surface area contributed by atoms with E-state index in [0.717, 1.165) is 12.1 Å². The van der Waals surface area contributed by atoms with Crippen LogP contribution in [-0.2, 0) is 39.0 Å². The molecule has 3 aromatic rings. The van der Waals surface area contributed by atoms with E-state index in [0.29, 0.717) is 30.5 Å². The van der Waals surface area contributed by atoms with Crippen LogP contribution in [0.3, 0.4) is 0 Å². The van der Waals surface area contributed by atoms with Gasteiger partial charge in [0.2, 0.25) is 0 Å². The van der Waals surface area contributed by atoms with Gasteiger partial charge in [-0.15, -0.1) is 0 Å². The van der Waals surface area contributed by atoms with Gasteiger partial charge >= 0.3 is 12.4 Å². The molecule has 0 fully saturated rings. The van der Waals surface area contributed by atoms with Crippen molar-refractivity contribution in [1.82, 2.24) is 0 Å². The van der Waals surface area contributed by atoms with Crippen LogP contribution >= 0.6 is 0 Å². The lowest BCUT2D eigenvalue weighted by molar-refractivity contribution is -0.392. The molecule has 0 heterocycles. The first kappa shape index (κ1) is 27.7. The average molecular weight is 531 g/mol. The van der Waals surface area contributed by atoms with Gasteiger partial charge in [-0.2, -0.15) is 26.3 Å². The van der Waals surface area contributed by atoms with Crippen molar-refractivity contribution in [2.45, 2.75) is 55.0 Å². The zero-order valence-corrected chi connectivity index (χ0v) is 20.1. The fourth-order valence-electron chi connectivity index (χ4n) is 3.90. The van der Waals surface area contributed by atoms with E-state index in [4.69, 9.17) is 4.74 Å². The van der Waals surface area contributed by atoms with E-state index < -0.39 is 45.7 Å². The summed E-state index contributed by atoms with van der Waals surface area (Å²) in [6, 6.07) is 16.7. The van der Waals surface area contributed by atoms with Crippen molar-refractivity contribution in [2.24, 2.45) is 0 Å². The summed E-state index contributed by atoms with van der Waals surface area (Å²) in [5.41, 5.74) is -4.93. The molecule has 10 heteroatoms. The minimum Gasteiger partial charge on any atom is -0.349 e. The number of ether oxygens (including phenoxy) is 1. The first-order valence-corrected chi connectivity index (χ1v) is 12.7. The van der Waals surface area contributed by atoms with Crippen LogP contribution in [0.4, 0.5) is 26.3 Å². The second-order valence-electron chi connectivity index (χ2n) is 8.25. The molecule has 0 saturated carbocycles. The van der Waals surface area contributed by atoms with Gasteiger partial charge in [-0.3, -0.25) is 0 Å². The minimum atomic E-state index is -5.84. The molecule has 194 valence electrons. The Hall–Kier alpha value is -2.85. The molecular weight excluding hydrogens is 506 g/mol. The largest absolute Gasteiger partial charge is 0.430 e. The van der Waals surface area contributed by atoms with Gasteiger partial charge in [0.1, 0.15) is 0 Å². The van der Waals surface area contributed by atoms with Crippen LogP contribution in [0.2, 0.25) is 0 Å². The molecule has 0 atom stereocenters. The van der Waals surface area contributed by atoms with E-state index in [1.54, 1.807) is 18.2 Å². The lowest BCUT2D eigenvalue weighted by Gasteiger charge is -2.37. The Morgan fingerprint density at radius 2 is 1.25 bits per heavy atom. The minimum absolute atomic E-state index is 0.0110. The van der Waals surface area contributed by atoms with Crippen LogP contribution in [0.25, 0.3) is 0 Å². The van der Waals surface area contributed by atoms with Crippen LogP contribution in [0, 0.1) is 0 Å². The molecular formula is C26H24F6O3S. The number of benzene rings is 3. The Balaban J connectivity index is 1.99. The third kappa shape index (κ3) is 5.75. The molecule has 0 spiro atoms. The number of sulfone groups is 1. The highest BCUT2D eigenvalue weighted by atomic mass is 32.2. The van der Waals surface area contributed by atoms with Crippen molar-refractivity contribution >= 4 is 9.84 Å². The highest BCUT2D eigenvalue weighted by Gasteiger charge is 2.73. The fourth-order valence-corrected chi connectivity index (χ4v) is 5.27. The molecule has 0 bridgehead atoms. The van der Waals surface area contributed by atoms with Crippen LogP contribution < -0.4 is 0 Å². The lowest BCUT2D eigenvalue weighted by atomic mass is 9.91. The summed E-state index contributed by atoms with van der Waals surface area (Å²) in [6.07, 6.45) is -10.6. The molecule has 0 aliphatic carbocycles. The van der Waals surface area contributed by atoms with Crippen molar-refractivity contribution in [3.63, 3.8) is 0 Å². The van der Waals surface area contributed by atoms with Gasteiger partial charge < -0.3 is 4.74 Å². The Kier molecular flexibility index (Phi) is 8.20. The molecule has 0 saturated heterocycles. The maximum Gasteiger partial charge on any atom is 0.430 e. The normalized spacial score (nSPS) is 13.1. The molecule has 0 radical (unpaired) electrons. The monoisotopic (exact) mass is 530 g/mol. The third-order valence-corrected chi connectivity index (χ3v) is 7.40. The van der Waals surface area contributed by atoms with Crippen LogP contribution in [-0.4, -0.2) is 20.8 Å². The Bertz CT molecular complexity index is 1240. The van der Waals surface area contributed by atoms with Crippen molar-refractivity contribution in [3.8, 4) is 0 Å². The van der Waals surface area contributed by atoms with Gasteiger partial charge in [-0.1, -0.05) is 80.1 Å². The van der Waals surface area contributed by atoms with E-state index in [9.17, 15) is 34.8 Å². The van der Waals surface area contributed by atoms with Crippen molar-refractivity contribution < 1.29 is 39.5 Å². The fraction of sp³-hybridized carbons (Fsp3) is 0.308. The standard InChI is InChI=1S/C26H24F6O3S/c1-2-8-20-9-6-7-10-21(20)17-35-24(25(27,28)29,26(30,31)32)22-15-13-19(14-16-22)18-36(33,34)23-11-4-3-5-12-23/h3-7,9-16H,2,8,17-18H2,1H3. The summed E-state index contributed by atoms with van der Waals surface area (Å²) in [5.74, 6) is -0.590. The zero-order chi connectivity index (χ0) is 26.6. The van der Waals surface area contributed by atoms with Crippen LogP contribution in [0.15, 0.2) is 83.8 Å². The zero-order valence-electron chi connectivity index (χ0n) is 19.2. The van der Waals surface area contributed by atoms with Gasteiger partial charge in [0.25, 0.3) is 5.60 Å². The second-order valence-corrected chi connectivity index (χ2v) is 10.2. The van der Waals surface area contributed by atoms with Crippen molar-refractivity contribution in [2.75, 3.05) is 0 Å². The Morgan fingerprint density at radius 3 is 1.78 bits per heavy atom. The first-order chi connectivity index (χ1) is 16.8. The van der Waals surface area contributed by atoms with E-state index in [1.807, 2.05) is 6.92 Å². The molecule has 0 aromatic heterocycles. The molecule has 36 heavy (non-hydrogen) atoms. The highest BCUT2D eigenvalue weighted by Crippen LogP contribution is 2.53. The van der Waals surface area contributed by atoms with E-state index in [2.05, 4.69) is 0 Å². The molecule has 0 aliphatic heterocycles. The van der Waals surface area contributed by atoms with Gasteiger partial charge in [0.05, 0.1) is 17.3 Å². The summed E-state index contributed by atoms with van der Waals surface area (Å²) < 4.78 is 115. The molecule has 0 unspecified atom stereocenters. The van der Waals surface area contributed by atoms with Gasteiger partial charge in [0, 0.05) is 5.56 Å². The van der Waals surface area contributed by atoms with Gasteiger partial charge in [-0.25, -0.2) is 8.42 Å². The maximum absolute atomic E-state index is 14.2. The highest BCUT2D eigenvalue weighted by molar-refractivity contribution is 7.90. The smallest absolute Gasteiger partial charge is 0.349 e. The van der Waals surface area contributed by atoms with E-state index >= 15 is 0 Å². The molecule has 0 N–H and O–H groups in total. The summed E-state index contributed by atoms with van der Waals surface area (Å²) in [6.45, 7) is 0.923. The molecule has 0 amide bonds. The number of rotatable bonds is 9. The van der Waals surface area contributed by atoms with Crippen LogP contribution in [0.1, 0.15) is 35.6 Å². The summed E-state index contributed by atoms with van der Waals surface area (Å²) in [7, 11) is -3.85. The summed E-state index contributed by atoms with van der Waals surface area (Å²) >= 11 is 0. The third-order valence-electron chi connectivity index (χ3n) is 5.70. The number of halogens is 6. The average Bonchev–Trinajstić information content (AvgIpc) is 2.80. The summed E-state index contributed by atoms with van der Waals surface area (Å²) in [4.78, 5) is -0.0110. The van der Waals surface area contributed by atoms with E-state index in [1.165, 1.54) is 36.4 Å². The van der Waals surface area contributed by atoms with Crippen LogP contribution in [0.5, 0.6) is 0 Å². The molecule has 3 rings (SSSR count). The topological polar surface area (TPSA) is 43.4 Å². The molecule has 3 aromatic carbocycles. The van der Waals surface area contributed by atoms with Gasteiger partial charge in [-0.05, 0) is 35.2 Å². The summed E-state index contributed by atoms with van der Waals surface area (Å²) in [5, 5.41) is 0. The Labute approximate surface area is 205 Å². The second kappa shape index (κ2) is 10.6. The predicted octanol–water partition coefficient (Wildman–Crippen LogP) is 7.15. The van der Waals surface area contributed by atoms with Crippen molar-refractivity contribution in [3.05, 3.63) is 101 Å². The number of hydrogen-bond acceptors (Lipinski definition) is 3. The number of hydrogen-bond donors (Lipinski definition) is 0. The predicted molar refractivity (Wildman–Crippen MR) is 123 cm³/mol. The van der Waals surface area contributed by atoms with E-state index in [-0.39, 0.29) is 16.0 Å². The maximum atomic E-state index is 14.2. The SMILES string of the molecule is CCCc1ccccc1COC(c1ccc(CS(=O)(=O)c2ccccc2)cc1)(C(F)(F)F)C(F)(F)F. The number of aryl methyl sites for hydroxylation is 1. The molecule has 3 nitrogen and oxygen atoms in total. The molecule has 0 aliphatic rings. The lowest BCUT2D eigenvalue weighted by Crippen LogP contribution is -2.55. The van der Waals surface area contributed by atoms with Gasteiger partial charge in [0.15, 0.2) is 9.84 Å². The number of alkyl halides is 6. The Morgan fingerprint density at radius 1 is 0.722 bits per heavy atom.